The predicted octanol–water partition coefficient (Wildman–Crippen LogP) is 1.83. The van der Waals surface area contributed by atoms with Crippen molar-refractivity contribution in [1.29, 1.82) is 0 Å². The van der Waals surface area contributed by atoms with Crippen LogP contribution in [0.25, 0.3) is 0 Å². The first kappa shape index (κ1) is 14.1. The topological polar surface area (TPSA) is 41.3 Å². The molecular formula is C12H15F4N3. The third-order valence-electron chi connectivity index (χ3n) is 3.13. The Morgan fingerprint density at radius 2 is 1.84 bits per heavy atom. The molecular weight excluding hydrogens is 262 g/mol. The lowest BCUT2D eigenvalue weighted by Gasteiger charge is -2.28. The average Bonchev–Trinajstić information content (AvgIpc) is 2.33. The lowest BCUT2D eigenvalue weighted by molar-refractivity contribution is -0.138. The van der Waals surface area contributed by atoms with E-state index < -0.39 is 23.2 Å². The first-order valence-corrected chi connectivity index (χ1v) is 5.96. The third-order valence-corrected chi connectivity index (χ3v) is 3.13. The molecule has 0 saturated carbocycles. The Labute approximate surface area is 108 Å². The molecule has 7 heteroatoms. The molecule has 0 bridgehead atoms. The van der Waals surface area contributed by atoms with Crippen LogP contribution in [0.4, 0.5) is 23.2 Å². The molecule has 0 spiro atoms. The van der Waals surface area contributed by atoms with Crippen molar-refractivity contribution >= 4 is 5.69 Å². The van der Waals surface area contributed by atoms with Crippen LogP contribution in [0.1, 0.15) is 11.1 Å². The number of alkyl halides is 3. The van der Waals surface area contributed by atoms with Gasteiger partial charge >= 0.3 is 6.18 Å². The summed E-state index contributed by atoms with van der Waals surface area (Å²) in [6.45, 7) is 2.80. The molecule has 19 heavy (non-hydrogen) atoms. The van der Waals surface area contributed by atoms with E-state index >= 15 is 0 Å². The molecule has 0 radical (unpaired) electrons. The van der Waals surface area contributed by atoms with Crippen molar-refractivity contribution in [2.24, 2.45) is 0 Å². The minimum Gasteiger partial charge on any atom is -0.396 e. The van der Waals surface area contributed by atoms with Crippen LogP contribution in [0, 0.1) is 5.82 Å². The molecule has 1 aromatic rings. The van der Waals surface area contributed by atoms with Crippen LogP contribution in [-0.2, 0) is 12.7 Å². The summed E-state index contributed by atoms with van der Waals surface area (Å²) >= 11 is 0. The number of anilines is 1. The second-order valence-corrected chi connectivity index (χ2v) is 4.55. The zero-order valence-electron chi connectivity index (χ0n) is 10.2. The first-order valence-electron chi connectivity index (χ1n) is 5.96. The van der Waals surface area contributed by atoms with Gasteiger partial charge in [-0.25, -0.2) is 4.39 Å². The van der Waals surface area contributed by atoms with Crippen LogP contribution >= 0.6 is 0 Å². The lowest BCUT2D eigenvalue weighted by atomic mass is 10.0. The molecule has 1 aliphatic heterocycles. The highest BCUT2D eigenvalue weighted by molar-refractivity contribution is 5.47. The van der Waals surface area contributed by atoms with E-state index in [0.717, 1.165) is 19.2 Å². The molecule has 0 atom stereocenters. The van der Waals surface area contributed by atoms with Crippen molar-refractivity contribution in [2.75, 3.05) is 31.9 Å². The number of piperazine rings is 1. The fourth-order valence-electron chi connectivity index (χ4n) is 2.14. The monoisotopic (exact) mass is 277 g/mol. The van der Waals surface area contributed by atoms with Gasteiger partial charge in [0.1, 0.15) is 5.82 Å². The van der Waals surface area contributed by atoms with Crippen LogP contribution < -0.4 is 11.1 Å². The Kier molecular flexibility index (Phi) is 3.96. The van der Waals surface area contributed by atoms with Crippen molar-refractivity contribution in [3.05, 3.63) is 29.1 Å². The van der Waals surface area contributed by atoms with Gasteiger partial charge in [0, 0.05) is 32.7 Å². The van der Waals surface area contributed by atoms with Crippen molar-refractivity contribution < 1.29 is 17.6 Å². The van der Waals surface area contributed by atoms with Crippen LogP contribution in [0.2, 0.25) is 0 Å². The number of nitrogens with one attached hydrogen (secondary N) is 1. The third kappa shape index (κ3) is 3.36. The average molecular weight is 277 g/mol. The van der Waals surface area contributed by atoms with Gasteiger partial charge in [0.25, 0.3) is 0 Å². The van der Waals surface area contributed by atoms with E-state index in [4.69, 9.17) is 5.73 Å². The smallest absolute Gasteiger partial charge is 0.396 e. The van der Waals surface area contributed by atoms with E-state index in [9.17, 15) is 17.6 Å². The molecule has 0 amide bonds. The van der Waals surface area contributed by atoms with E-state index in [1.165, 1.54) is 0 Å². The quantitative estimate of drug-likeness (QED) is 0.640. The zero-order valence-corrected chi connectivity index (χ0v) is 10.2. The Hall–Kier alpha value is -1.34. The van der Waals surface area contributed by atoms with Gasteiger partial charge in [-0.1, -0.05) is 0 Å². The second-order valence-electron chi connectivity index (χ2n) is 4.55. The molecule has 0 unspecified atom stereocenters. The van der Waals surface area contributed by atoms with Crippen molar-refractivity contribution in [2.45, 2.75) is 12.7 Å². The Morgan fingerprint density at radius 3 is 2.42 bits per heavy atom. The fourth-order valence-corrected chi connectivity index (χ4v) is 2.14. The molecule has 0 aromatic heterocycles. The summed E-state index contributed by atoms with van der Waals surface area (Å²) < 4.78 is 52.1. The highest BCUT2D eigenvalue weighted by Gasteiger charge is 2.34. The van der Waals surface area contributed by atoms with Gasteiger partial charge in [-0.05, 0) is 17.7 Å². The predicted molar refractivity (Wildman–Crippen MR) is 64.0 cm³/mol. The molecule has 3 N–H and O–H groups in total. The van der Waals surface area contributed by atoms with E-state index in [1.54, 1.807) is 0 Å². The van der Waals surface area contributed by atoms with Gasteiger partial charge in [0.15, 0.2) is 0 Å². The molecule has 1 aromatic carbocycles. The summed E-state index contributed by atoms with van der Waals surface area (Å²) in [7, 11) is 0. The summed E-state index contributed by atoms with van der Waals surface area (Å²) in [5.41, 5.74) is 3.82. The minimum atomic E-state index is -4.52. The fraction of sp³-hybridized carbons (Fsp3) is 0.500. The summed E-state index contributed by atoms with van der Waals surface area (Å²) in [6.07, 6.45) is -4.52. The molecule has 1 fully saturated rings. The maximum Gasteiger partial charge on any atom is 0.416 e. The SMILES string of the molecule is Nc1cc(C(F)(F)F)c(CN2CCNCC2)cc1F. The van der Waals surface area contributed by atoms with Crippen LogP contribution in [-0.4, -0.2) is 31.1 Å². The van der Waals surface area contributed by atoms with Crippen LogP contribution in [0.15, 0.2) is 12.1 Å². The van der Waals surface area contributed by atoms with E-state index in [1.807, 2.05) is 4.90 Å². The zero-order chi connectivity index (χ0) is 14.0. The summed E-state index contributed by atoms with van der Waals surface area (Å²) in [6, 6.07) is 1.56. The maximum absolute atomic E-state index is 13.4. The highest BCUT2D eigenvalue weighted by atomic mass is 19.4. The highest BCUT2D eigenvalue weighted by Crippen LogP contribution is 2.34. The molecule has 1 aliphatic rings. The number of rotatable bonds is 2. The van der Waals surface area contributed by atoms with E-state index in [2.05, 4.69) is 5.32 Å². The van der Waals surface area contributed by atoms with Crippen LogP contribution in [0.5, 0.6) is 0 Å². The molecule has 106 valence electrons. The number of hydrogen-bond donors (Lipinski definition) is 2. The van der Waals surface area contributed by atoms with Crippen LogP contribution in [0.3, 0.4) is 0 Å². The van der Waals surface area contributed by atoms with Crippen molar-refractivity contribution in [3.8, 4) is 0 Å². The molecule has 1 heterocycles. The Bertz CT molecular complexity index is 453. The lowest BCUT2D eigenvalue weighted by Crippen LogP contribution is -2.43. The number of nitrogens with two attached hydrogens (primary N) is 1. The number of nitrogen functional groups attached to an aromatic ring is 1. The van der Waals surface area contributed by atoms with Crippen molar-refractivity contribution in [1.82, 2.24) is 10.2 Å². The van der Waals surface area contributed by atoms with E-state index in [-0.39, 0.29) is 12.1 Å². The molecule has 2 rings (SSSR count). The van der Waals surface area contributed by atoms with Gasteiger partial charge in [-0.2, -0.15) is 13.2 Å². The van der Waals surface area contributed by atoms with E-state index in [0.29, 0.717) is 19.2 Å². The van der Waals surface area contributed by atoms with Gasteiger partial charge in [-0.3, -0.25) is 4.90 Å². The Balaban J connectivity index is 2.29. The first-order chi connectivity index (χ1) is 8.88. The summed E-state index contributed by atoms with van der Waals surface area (Å²) in [4.78, 5) is 1.86. The number of benzene rings is 1. The Morgan fingerprint density at radius 1 is 1.21 bits per heavy atom. The molecule has 0 aliphatic carbocycles. The minimum absolute atomic E-state index is 0.0684. The number of hydrogen-bond acceptors (Lipinski definition) is 3. The molecule has 3 nitrogen and oxygen atoms in total. The molecule has 1 saturated heterocycles. The van der Waals surface area contributed by atoms with Gasteiger partial charge in [0.2, 0.25) is 0 Å². The largest absolute Gasteiger partial charge is 0.416 e. The van der Waals surface area contributed by atoms with Gasteiger partial charge in [0.05, 0.1) is 11.3 Å². The normalized spacial score (nSPS) is 17.7. The summed E-state index contributed by atoms with van der Waals surface area (Å²) in [5.74, 6) is -0.807. The van der Waals surface area contributed by atoms with Gasteiger partial charge < -0.3 is 11.1 Å². The van der Waals surface area contributed by atoms with Crippen molar-refractivity contribution in [3.63, 3.8) is 0 Å². The number of halogens is 4. The standard InChI is InChI=1S/C12H15F4N3/c13-10-5-8(7-19-3-1-18-2-4-19)9(6-11(10)17)12(14,15)16/h5-6,18H,1-4,7,17H2. The van der Waals surface area contributed by atoms with Gasteiger partial charge in [-0.15, -0.1) is 0 Å². The number of nitrogens with zero attached hydrogens (tertiary/aromatic N) is 1. The summed E-state index contributed by atoms with van der Waals surface area (Å²) in [5, 5.41) is 3.11. The maximum atomic E-state index is 13.4. The second kappa shape index (κ2) is 5.34.